The molecule has 0 unspecified atom stereocenters. The molecule has 1 saturated heterocycles. The molecule has 0 bridgehead atoms. The molecule has 2 aliphatic rings. The fourth-order valence-corrected chi connectivity index (χ4v) is 5.18. The highest BCUT2D eigenvalue weighted by Crippen LogP contribution is 2.40. The number of nitrogens with one attached hydrogen (secondary N) is 1. The van der Waals surface area contributed by atoms with Crippen molar-refractivity contribution in [1.29, 1.82) is 0 Å². The Balaban J connectivity index is 0.00000274. The van der Waals surface area contributed by atoms with Crippen LogP contribution in [0, 0.1) is 5.82 Å². The number of benzene rings is 2. The van der Waals surface area contributed by atoms with Crippen LogP contribution in [-0.4, -0.2) is 36.9 Å². The number of anilines is 3. The lowest BCUT2D eigenvalue weighted by molar-refractivity contribution is -0.137. The third-order valence-corrected chi connectivity index (χ3v) is 7.12. The fourth-order valence-electron chi connectivity index (χ4n) is 4.17. The first-order valence-corrected chi connectivity index (χ1v) is 11.6. The van der Waals surface area contributed by atoms with Crippen LogP contribution in [0.15, 0.2) is 53.5 Å². The monoisotopic (exact) mass is 510 g/mol. The molecule has 0 saturated carbocycles. The van der Waals surface area contributed by atoms with Crippen LogP contribution < -0.4 is 10.2 Å². The molecule has 0 spiro atoms. The van der Waals surface area contributed by atoms with Crippen LogP contribution >= 0.6 is 23.7 Å². The van der Waals surface area contributed by atoms with Gasteiger partial charge in [0.2, 0.25) is 0 Å². The molecule has 4 nitrogen and oxygen atoms in total. The van der Waals surface area contributed by atoms with Crippen molar-refractivity contribution in [2.45, 2.75) is 19.5 Å². The smallest absolute Gasteiger partial charge is 0.368 e. The lowest BCUT2D eigenvalue weighted by Crippen LogP contribution is -2.49. The number of nitrogens with zero attached hydrogens (tertiary/aromatic N) is 3. The van der Waals surface area contributed by atoms with Gasteiger partial charge in [-0.3, -0.25) is 0 Å². The van der Waals surface area contributed by atoms with Crippen molar-refractivity contribution in [1.82, 2.24) is 4.90 Å². The average molecular weight is 511 g/mol. The number of halogens is 5. The van der Waals surface area contributed by atoms with Crippen LogP contribution in [0.1, 0.15) is 22.9 Å². The lowest BCUT2D eigenvalue weighted by atomic mass is 10.1. The van der Waals surface area contributed by atoms with Gasteiger partial charge in [-0.15, -0.1) is 23.7 Å². The van der Waals surface area contributed by atoms with Gasteiger partial charge in [0.05, 0.1) is 22.5 Å². The van der Waals surface area contributed by atoms with Gasteiger partial charge < -0.3 is 15.1 Å². The normalized spacial score (nSPS) is 15.5. The SMILES string of the molecule is CCc1cc2c(s1)Nc1ccc(F)cc1N=C2N1CCN(c2cccc(C(F)(F)F)c2)CC1.Cl. The quantitative estimate of drug-likeness (QED) is 0.383. The molecule has 1 N–H and O–H groups in total. The van der Waals surface area contributed by atoms with E-state index in [4.69, 9.17) is 4.99 Å². The number of thiophene rings is 1. The number of amidine groups is 1. The molecule has 3 heterocycles. The van der Waals surface area contributed by atoms with Gasteiger partial charge in [-0.1, -0.05) is 13.0 Å². The number of piperazine rings is 1. The van der Waals surface area contributed by atoms with E-state index in [-0.39, 0.29) is 18.2 Å². The van der Waals surface area contributed by atoms with E-state index in [0.717, 1.165) is 34.6 Å². The maximum absolute atomic E-state index is 13.9. The number of hydrogen-bond donors (Lipinski definition) is 1. The summed E-state index contributed by atoms with van der Waals surface area (Å²) in [6, 6.07) is 12.1. The highest BCUT2D eigenvalue weighted by atomic mass is 35.5. The van der Waals surface area contributed by atoms with Crippen LogP contribution in [0.3, 0.4) is 0 Å². The molecule has 0 atom stereocenters. The Hall–Kier alpha value is -2.78. The first-order chi connectivity index (χ1) is 15.8. The number of hydrogen-bond acceptors (Lipinski definition) is 5. The van der Waals surface area contributed by atoms with E-state index in [1.807, 2.05) is 4.90 Å². The predicted molar refractivity (Wildman–Crippen MR) is 132 cm³/mol. The van der Waals surface area contributed by atoms with Crippen LogP contribution in [0.5, 0.6) is 0 Å². The van der Waals surface area contributed by atoms with E-state index in [0.29, 0.717) is 37.6 Å². The highest BCUT2D eigenvalue weighted by Gasteiger charge is 2.32. The Morgan fingerprint density at radius 1 is 1.00 bits per heavy atom. The molecule has 3 aromatic rings. The van der Waals surface area contributed by atoms with Crippen LogP contribution in [-0.2, 0) is 12.6 Å². The Kier molecular flexibility index (Phi) is 6.78. The molecule has 0 radical (unpaired) electrons. The van der Waals surface area contributed by atoms with Gasteiger partial charge in [-0.05, 0) is 42.8 Å². The zero-order valence-electron chi connectivity index (χ0n) is 18.3. The number of alkyl halides is 3. The lowest BCUT2D eigenvalue weighted by Gasteiger charge is -2.37. The zero-order valence-corrected chi connectivity index (χ0v) is 20.0. The number of aryl methyl sites for hydroxylation is 1. The standard InChI is InChI=1S/C24H22F4N4S.ClH/c1-2-18-14-19-22(29-21-13-16(25)6-7-20(21)30-23(19)33-18)32-10-8-31(9-11-32)17-5-3-4-15(12-17)24(26,27)28;/h3-7,12-14,30H,2,8-11H2,1H3;1H. The molecule has 1 aromatic heterocycles. The van der Waals surface area contributed by atoms with Crippen molar-refractivity contribution in [3.8, 4) is 0 Å². The van der Waals surface area contributed by atoms with Gasteiger partial charge in [0.25, 0.3) is 0 Å². The molecule has 34 heavy (non-hydrogen) atoms. The third kappa shape index (κ3) is 4.72. The van der Waals surface area contributed by atoms with Gasteiger partial charge in [-0.25, -0.2) is 9.38 Å². The number of aliphatic imine (C=N–C) groups is 1. The Morgan fingerprint density at radius 3 is 2.44 bits per heavy atom. The second-order valence-electron chi connectivity index (χ2n) is 8.05. The van der Waals surface area contributed by atoms with Gasteiger partial charge in [0.15, 0.2) is 0 Å². The Bertz CT molecular complexity index is 1220. The van der Waals surface area contributed by atoms with E-state index in [2.05, 4.69) is 23.2 Å². The van der Waals surface area contributed by atoms with E-state index < -0.39 is 11.7 Å². The summed E-state index contributed by atoms with van der Waals surface area (Å²) >= 11 is 1.66. The molecular formula is C24H23ClF4N4S. The van der Waals surface area contributed by atoms with Crippen molar-refractivity contribution >= 4 is 51.6 Å². The van der Waals surface area contributed by atoms with E-state index in [1.54, 1.807) is 23.5 Å². The maximum atomic E-state index is 13.9. The molecule has 180 valence electrons. The Labute approximate surface area is 205 Å². The van der Waals surface area contributed by atoms with Crippen LogP contribution in [0.4, 0.5) is 39.6 Å². The van der Waals surface area contributed by atoms with Gasteiger partial charge in [-0.2, -0.15) is 13.2 Å². The van der Waals surface area contributed by atoms with E-state index in [1.165, 1.54) is 29.1 Å². The molecule has 1 fully saturated rings. The summed E-state index contributed by atoms with van der Waals surface area (Å²) in [4.78, 5) is 10.1. The third-order valence-electron chi connectivity index (χ3n) is 5.92. The largest absolute Gasteiger partial charge is 0.416 e. The number of rotatable bonds is 2. The first kappa shape index (κ1) is 24.3. The molecule has 2 aromatic carbocycles. The molecule has 5 rings (SSSR count). The minimum Gasteiger partial charge on any atom is -0.368 e. The summed E-state index contributed by atoms with van der Waals surface area (Å²) in [5.74, 6) is 0.411. The zero-order chi connectivity index (χ0) is 23.2. The van der Waals surface area contributed by atoms with Gasteiger partial charge in [0, 0.05) is 42.8 Å². The topological polar surface area (TPSA) is 30.9 Å². The molecule has 10 heteroatoms. The Morgan fingerprint density at radius 2 is 1.74 bits per heavy atom. The summed E-state index contributed by atoms with van der Waals surface area (Å²) < 4.78 is 53.3. The second kappa shape index (κ2) is 9.46. The summed E-state index contributed by atoms with van der Waals surface area (Å²) in [6.07, 6.45) is -3.47. The number of fused-ring (bicyclic) bond motifs is 2. The van der Waals surface area contributed by atoms with Crippen LogP contribution in [0.25, 0.3) is 0 Å². The summed E-state index contributed by atoms with van der Waals surface area (Å²) in [5, 5.41) is 4.37. The van der Waals surface area contributed by atoms with Crippen molar-refractivity contribution in [3.05, 3.63) is 70.4 Å². The highest BCUT2D eigenvalue weighted by molar-refractivity contribution is 7.16. The fraction of sp³-hybridized carbons (Fsp3) is 0.292. The molecular weight excluding hydrogens is 488 g/mol. The van der Waals surface area contributed by atoms with Crippen molar-refractivity contribution in [2.75, 3.05) is 36.4 Å². The summed E-state index contributed by atoms with van der Waals surface area (Å²) in [7, 11) is 0. The predicted octanol–water partition coefficient (Wildman–Crippen LogP) is 6.85. The summed E-state index contributed by atoms with van der Waals surface area (Å²) in [5.41, 5.74) is 2.17. The molecule has 2 aliphatic heterocycles. The minimum absolute atomic E-state index is 0. The van der Waals surface area contributed by atoms with Gasteiger partial charge in [0.1, 0.15) is 16.7 Å². The maximum Gasteiger partial charge on any atom is 0.416 e. The average Bonchev–Trinajstić information content (AvgIpc) is 3.15. The van der Waals surface area contributed by atoms with Crippen LogP contribution in [0.2, 0.25) is 0 Å². The molecule has 0 amide bonds. The molecule has 0 aliphatic carbocycles. The minimum atomic E-state index is -4.37. The van der Waals surface area contributed by atoms with E-state index >= 15 is 0 Å². The van der Waals surface area contributed by atoms with E-state index in [9.17, 15) is 17.6 Å². The summed E-state index contributed by atoms with van der Waals surface area (Å²) in [6.45, 7) is 4.40. The second-order valence-corrected chi connectivity index (χ2v) is 9.19. The first-order valence-electron chi connectivity index (χ1n) is 10.8. The van der Waals surface area contributed by atoms with Crippen molar-refractivity contribution in [3.63, 3.8) is 0 Å². The van der Waals surface area contributed by atoms with Gasteiger partial charge >= 0.3 is 6.18 Å². The van der Waals surface area contributed by atoms with Crippen molar-refractivity contribution < 1.29 is 17.6 Å². The van der Waals surface area contributed by atoms with Crippen molar-refractivity contribution in [2.24, 2.45) is 4.99 Å².